The van der Waals surface area contributed by atoms with E-state index in [1.54, 1.807) is 26.9 Å². The quantitative estimate of drug-likeness (QED) is 0.364. The Morgan fingerprint density at radius 3 is 2.23 bits per heavy atom. The van der Waals surface area contributed by atoms with Crippen molar-refractivity contribution in [2.45, 2.75) is 63.9 Å². The number of likely N-dealkylation sites (tertiary alicyclic amines) is 1. The molecule has 1 N–H and O–H groups in total. The Morgan fingerprint density at radius 2 is 1.66 bits per heavy atom. The summed E-state index contributed by atoms with van der Waals surface area (Å²) in [6, 6.07) is 17.4. The number of hydrogen-bond acceptors (Lipinski definition) is 5. The number of aliphatic hydroxyl groups is 1. The van der Waals surface area contributed by atoms with Gasteiger partial charge in [-0.1, -0.05) is 81.5 Å². The summed E-state index contributed by atoms with van der Waals surface area (Å²) in [5.41, 5.74) is -0.540. The van der Waals surface area contributed by atoms with Crippen molar-refractivity contribution >= 4 is 23.4 Å². The number of ether oxygens (including phenoxy) is 1. The highest BCUT2D eigenvalue weighted by atomic mass is 16.5. The van der Waals surface area contributed by atoms with Gasteiger partial charge in [-0.2, -0.15) is 0 Å². The van der Waals surface area contributed by atoms with Crippen LogP contribution in [-0.4, -0.2) is 75.6 Å². The van der Waals surface area contributed by atoms with Gasteiger partial charge in [-0.15, -0.1) is 13.2 Å². The van der Waals surface area contributed by atoms with Gasteiger partial charge in [-0.3, -0.25) is 14.4 Å². The molecule has 0 saturated carbocycles. The molecule has 234 valence electrons. The van der Waals surface area contributed by atoms with Gasteiger partial charge >= 0.3 is 0 Å². The maximum absolute atomic E-state index is 14.8. The van der Waals surface area contributed by atoms with E-state index >= 15 is 0 Å². The molecule has 0 aliphatic carbocycles. The molecule has 3 heterocycles. The number of benzene rings is 2. The summed E-state index contributed by atoms with van der Waals surface area (Å²) in [5.74, 6) is -2.75. The molecule has 5 rings (SSSR count). The number of fused-ring (bicyclic) bond motifs is 1. The Hall–Kier alpha value is -3.75. The first kappa shape index (κ1) is 31.7. The van der Waals surface area contributed by atoms with Crippen molar-refractivity contribution in [2.75, 3.05) is 24.6 Å². The zero-order valence-corrected chi connectivity index (χ0v) is 26.3. The Kier molecular flexibility index (Phi) is 8.87. The Balaban J connectivity index is 1.63. The number of aliphatic hydroxyl groups excluding tert-OH is 1. The third-order valence-electron chi connectivity index (χ3n) is 10.1. The van der Waals surface area contributed by atoms with E-state index in [9.17, 15) is 19.5 Å². The van der Waals surface area contributed by atoms with Gasteiger partial charge in [0.1, 0.15) is 11.6 Å². The van der Waals surface area contributed by atoms with Crippen LogP contribution in [0.2, 0.25) is 0 Å². The Labute approximate surface area is 261 Å². The van der Waals surface area contributed by atoms with E-state index in [2.05, 4.69) is 13.2 Å². The molecule has 3 fully saturated rings. The second kappa shape index (κ2) is 12.3. The van der Waals surface area contributed by atoms with Crippen molar-refractivity contribution in [1.82, 2.24) is 9.80 Å². The van der Waals surface area contributed by atoms with Crippen molar-refractivity contribution in [2.24, 2.45) is 23.7 Å². The fourth-order valence-electron chi connectivity index (χ4n) is 7.90. The van der Waals surface area contributed by atoms with E-state index in [1.165, 1.54) is 0 Å². The van der Waals surface area contributed by atoms with Gasteiger partial charge in [0.2, 0.25) is 17.7 Å². The van der Waals surface area contributed by atoms with Crippen LogP contribution in [0.25, 0.3) is 0 Å². The van der Waals surface area contributed by atoms with E-state index in [4.69, 9.17) is 4.74 Å². The minimum atomic E-state index is -1.22. The van der Waals surface area contributed by atoms with Crippen LogP contribution in [-0.2, 0) is 25.7 Å². The van der Waals surface area contributed by atoms with Crippen LogP contribution in [0.3, 0.4) is 0 Å². The summed E-state index contributed by atoms with van der Waals surface area (Å²) in [5, 5.41) is 10.6. The van der Waals surface area contributed by atoms with E-state index in [0.29, 0.717) is 18.7 Å². The number of nitrogens with zero attached hydrogens (tertiary/aromatic N) is 3. The summed E-state index contributed by atoms with van der Waals surface area (Å²) in [6.07, 6.45) is 3.80. The molecule has 3 amide bonds. The van der Waals surface area contributed by atoms with Gasteiger partial charge in [-0.25, -0.2) is 0 Å². The van der Waals surface area contributed by atoms with Crippen LogP contribution < -0.4 is 4.90 Å². The first-order valence-corrected chi connectivity index (χ1v) is 15.6. The lowest BCUT2D eigenvalue weighted by Gasteiger charge is -2.40. The van der Waals surface area contributed by atoms with Crippen molar-refractivity contribution in [1.29, 1.82) is 0 Å². The first-order valence-electron chi connectivity index (χ1n) is 15.6. The molecule has 3 aliphatic rings. The van der Waals surface area contributed by atoms with Gasteiger partial charge in [0.15, 0.2) is 0 Å². The predicted octanol–water partition coefficient (Wildman–Crippen LogP) is 4.45. The van der Waals surface area contributed by atoms with Gasteiger partial charge in [0.25, 0.3) is 0 Å². The lowest BCUT2D eigenvalue weighted by atomic mass is 9.62. The number of carbonyl (C=O) groups is 3. The largest absolute Gasteiger partial charge is 0.394 e. The molecule has 3 saturated heterocycles. The van der Waals surface area contributed by atoms with Crippen LogP contribution in [0.4, 0.5) is 5.69 Å². The Morgan fingerprint density at radius 1 is 1.05 bits per heavy atom. The zero-order valence-electron chi connectivity index (χ0n) is 26.3. The first-order chi connectivity index (χ1) is 21.0. The standard InChI is InChI=1S/C36H45N3O5/c1-7-19-37(22-26-15-11-9-12-16-26)34(43)31-36-21-25(5)35(6,44-36)29(30(36)33(42)39(31)28(23-40)24(3)4)32(41)38(20-8-2)27-17-13-10-14-18-27/h7-18,24-25,28-31,40H,1-2,19-23H2,3-6H3/t25?,28-,29-,30-,31?,35+,36?/m0/s1. The van der Waals surface area contributed by atoms with E-state index in [0.717, 1.165) is 5.56 Å². The molecule has 8 heteroatoms. The second-order valence-corrected chi connectivity index (χ2v) is 13.0. The van der Waals surface area contributed by atoms with Gasteiger partial charge < -0.3 is 24.5 Å². The molecule has 3 aliphatic heterocycles. The van der Waals surface area contributed by atoms with Crippen LogP contribution in [0, 0.1) is 23.7 Å². The van der Waals surface area contributed by atoms with Crippen molar-refractivity contribution in [3.8, 4) is 0 Å². The van der Waals surface area contributed by atoms with Crippen molar-refractivity contribution < 1.29 is 24.2 Å². The normalized spacial score (nSPS) is 29.4. The highest BCUT2D eigenvalue weighted by molar-refractivity contribution is 6.03. The molecular formula is C36H45N3O5. The summed E-state index contributed by atoms with van der Waals surface area (Å²) >= 11 is 0. The highest BCUT2D eigenvalue weighted by Gasteiger charge is 2.80. The number of hydrogen-bond donors (Lipinski definition) is 1. The second-order valence-electron chi connectivity index (χ2n) is 13.0. The minimum absolute atomic E-state index is 0.106. The average molecular weight is 600 g/mol. The smallest absolute Gasteiger partial charge is 0.249 e. The average Bonchev–Trinajstić information content (AvgIpc) is 3.53. The summed E-state index contributed by atoms with van der Waals surface area (Å²) < 4.78 is 6.98. The summed E-state index contributed by atoms with van der Waals surface area (Å²) in [4.78, 5) is 49.2. The Bertz CT molecular complexity index is 1400. The van der Waals surface area contributed by atoms with Gasteiger partial charge in [-0.05, 0) is 42.9 Å². The monoisotopic (exact) mass is 599 g/mol. The molecule has 2 aromatic rings. The number of anilines is 1. The third kappa shape index (κ3) is 4.98. The van der Waals surface area contributed by atoms with Crippen LogP contribution in [0.5, 0.6) is 0 Å². The maximum Gasteiger partial charge on any atom is 0.249 e. The van der Waals surface area contributed by atoms with E-state index in [-0.39, 0.29) is 49.3 Å². The highest BCUT2D eigenvalue weighted by Crippen LogP contribution is 2.66. The minimum Gasteiger partial charge on any atom is -0.394 e. The molecule has 44 heavy (non-hydrogen) atoms. The van der Waals surface area contributed by atoms with E-state index in [1.807, 2.05) is 88.4 Å². The third-order valence-corrected chi connectivity index (χ3v) is 10.1. The van der Waals surface area contributed by atoms with Crippen LogP contribution in [0.1, 0.15) is 39.7 Å². The van der Waals surface area contributed by atoms with Crippen molar-refractivity contribution in [3.05, 3.63) is 91.5 Å². The lowest BCUT2D eigenvalue weighted by molar-refractivity contribution is -0.156. The fourth-order valence-corrected chi connectivity index (χ4v) is 7.90. The zero-order chi connectivity index (χ0) is 31.8. The number of para-hydroxylation sites is 1. The molecule has 0 radical (unpaired) electrons. The van der Waals surface area contributed by atoms with E-state index < -0.39 is 35.1 Å². The molecule has 2 aromatic carbocycles. The summed E-state index contributed by atoms with van der Waals surface area (Å²) in [6.45, 7) is 16.1. The number of rotatable bonds is 12. The molecule has 3 unspecified atom stereocenters. The van der Waals surface area contributed by atoms with Gasteiger partial charge in [0, 0.05) is 25.3 Å². The number of amides is 3. The number of carbonyl (C=O) groups excluding carboxylic acids is 3. The molecule has 8 nitrogen and oxygen atoms in total. The lowest BCUT2D eigenvalue weighted by Crippen LogP contribution is -2.59. The SMILES string of the molecule is C=CCN(Cc1ccccc1)C(=O)C1N([C@@H](CO)C(C)C)C(=O)[C@@H]2[C@@H](C(=O)N(CC=C)c3ccccc3)[C@]3(C)OC12CC3C. The maximum atomic E-state index is 14.8. The summed E-state index contributed by atoms with van der Waals surface area (Å²) in [7, 11) is 0. The predicted molar refractivity (Wildman–Crippen MR) is 170 cm³/mol. The molecule has 7 atom stereocenters. The van der Waals surface area contributed by atoms with Crippen LogP contribution >= 0.6 is 0 Å². The van der Waals surface area contributed by atoms with Crippen molar-refractivity contribution in [3.63, 3.8) is 0 Å². The fraction of sp³-hybridized carbons (Fsp3) is 0.472. The molecular weight excluding hydrogens is 554 g/mol. The van der Waals surface area contributed by atoms with Gasteiger partial charge in [0.05, 0.1) is 30.1 Å². The molecule has 1 spiro atoms. The topological polar surface area (TPSA) is 90.4 Å². The molecule has 2 bridgehead atoms. The molecule has 0 aromatic heterocycles. The van der Waals surface area contributed by atoms with Crippen LogP contribution in [0.15, 0.2) is 86.0 Å².